The number of allylic oxidation sites excluding steroid dienone is 4. The van der Waals surface area contributed by atoms with Crippen molar-refractivity contribution in [2.45, 2.75) is 25.2 Å². The lowest BCUT2D eigenvalue weighted by Gasteiger charge is -2.18. The third-order valence-electron chi connectivity index (χ3n) is 4.65. The molecule has 4 N–H and O–H groups in total. The van der Waals surface area contributed by atoms with E-state index >= 15 is 0 Å². The second-order valence-corrected chi connectivity index (χ2v) is 6.74. The van der Waals surface area contributed by atoms with Crippen molar-refractivity contribution in [1.29, 1.82) is 5.41 Å². The largest absolute Gasteiger partial charge is 0.489 e. The lowest BCUT2D eigenvalue weighted by molar-refractivity contribution is -0.142. The van der Waals surface area contributed by atoms with Crippen molar-refractivity contribution in [2.24, 2.45) is 0 Å². The van der Waals surface area contributed by atoms with E-state index in [4.69, 9.17) is 10.1 Å². The highest BCUT2D eigenvalue weighted by Gasteiger charge is 2.35. The van der Waals surface area contributed by atoms with Crippen LogP contribution in [0, 0.1) is 5.41 Å². The molecule has 0 bridgehead atoms. The standard InChI is InChI=1S/C20H20F3N5O3/c1-25-16(19(30)28-15-6-8-27-18(15)29)13-9-12(4-5-14(13)24)31-10-11-3-2-7-26-17(11)20(21,22)23/h2-5,7,9,15,24-25H,6,8,10H2,1H3,(H,27,29)(H,28,30)/b16-13-,24-14?. The van der Waals surface area contributed by atoms with Crippen molar-refractivity contribution < 1.29 is 27.5 Å². The van der Waals surface area contributed by atoms with Crippen molar-refractivity contribution in [3.8, 4) is 0 Å². The van der Waals surface area contributed by atoms with E-state index in [0.29, 0.717) is 13.0 Å². The number of hydrogen-bond acceptors (Lipinski definition) is 6. The van der Waals surface area contributed by atoms with Gasteiger partial charge in [0.15, 0.2) is 5.69 Å². The van der Waals surface area contributed by atoms with Crippen molar-refractivity contribution in [1.82, 2.24) is 20.9 Å². The second-order valence-electron chi connectivity index (χ2n) is 6.74. The van der Waals surface area contributed by atoms with Crippen molar-refractivity contribution >= 4 is 17.5 Å². The minimum absolute atomic E-state index is 0.0000757. The molecule has 11 heteroatoms. The number of nitrogens with zero attached hydrogens (tertiary/aromatic N) is 1. The molecule has 1 saturated heterocycles. The minimum atomic E-state index is -4.62. The molecule has 164 valence electrons. The Kier molecular flexibility index (Phi) is 6.42. The molecule has 1 aromatic rings. The molecule has 0 saturated carbocycles. The molecule has 2 amide bonds. The van der Waals surface area contributed by atoms with Crippen LogP contribution >= 0.6 is 0 Å². The second kappa shape index (κ2) is 9.02. The van der Waals surface area contributed by atoms with E-state index in [1.54, 1.807) is 0 Å². The maximum Gasteiger partial charge on any atom is 0.433 e. The van der Waals surface area contributed by atoms with Gasteiger partial charge in [-0.1, -0.05) is 6.07 Å². The fourth-order valence-corrected chi connectivity index (χ4v) is 3.12. The Hall–Kier alpha value is -3.63. The number of amides is 2. The summed E-state index contributed by atoms with van der Waals surface area (Å²) in [5.74, 6) is -0.701. The Bertz CT molecular complexity index is 998. The summed E-state index contributed by atoms with van der Waals surface area (Å²) in [5, 5.41) is 16.0. The van der Waals surface area contributed by atoms with Gasteiger partial charge in [0.2, 0.25) is 5.91 Å². The van der Waals surface area contributed by atoms with Crippen LogP contribution in [-0.4, -0.2) is 42.1 Å². The molecule has 0 spiro atoms. The van der Waals surface area contributed by atoms with Gasteiger partial charge in [0.1, 0.15) is 24.1 Å². The number of halogens is 3. The SMILES string of the molecule is CN/C(C(=O)NC1CCNC1=O)=C1/C=C(OCc2cccnc2C(F)(F)F)C=CC1=N. The van der Waals surface area contributed by atoms with Gasteiger partial charge in [0, 0.05) is 30.9 Å². The third kappa shape index (κ3) is 5.11. The van der Waals surface area contributed by atoms with Crippen LogP contribution in [0.2, 0.25) is 0 Å². The monoisotopic (exact) mass is 435 g/mol. The van der Waals surface area contributed by atoms with Crippen LogP contribution in [0.25, 0.3) is 0 Å². The number of aromatic nitrogens is 1. The Morgan fingerprint density at radius 3 is 2.81 bits per heavy atom. The fourth-order valence-electron chi connectivity index (χ4n) is 3.12. The summed E-state index contributed by atoms with van der Waals surface area (Å²) in [5.41, 5.74) is -0.968. The maximum atomic E-state index is 13.1. The maximum absolute atomic E-state index is 13.1. The topological polar surface area (TPSA) is 116 Å². The van der Waals surface area contributed by atoms with E-state index in [1.807, 2.05) is 0 Å². The molecule has 8 nitrogen and oxygen atoms in total. The van der Waals surface area contributed by atoms with E-state index in [1.165, 1.54) is 37.4 Å². The average molecular weight is 435 g/mol. The molecule has 1 unspecified atom stereocenters. The molecule has 2 heterocycles. The highest BCUT2D eigenvalue weighted by Crippen LogP contribution is 2.31. The minimum Gasteiger partial charge on any atom is -0.489 e. The molecular formula is C20H20F3N5O3. The number of carbonyl (C=O) groups excluding carboxylic acids is 2. The van der Waals surface area contributed by atoms with Gasteiger partial charge in [-0.2, -0.15) is 13.2 Å². The quantitative estimate of drug-likeness (QED) is 0.507. The summed E-state index contributed by atoms with van der Waals surface area (Å²) in [6.45, 7) is 0.0583. The molecule has 3 rings (SSSR count). The van der Waals surface area contributed by atoms with Gasteiger partial charge in [-0.3, -0.25) is 14.6 Å². The smallest absolute Gasteiger partial charge is 0.433 e. The van der Waals surface area contributed by atoms with Crippen LogP contribution in [0.3, 0.4) is 0 Å². The zero-order valence-electron chi connectivity index (χ0n) is 16.5. The van der Waals surface area contributed by atoms with Gasteiger partial charge >= 0.3 is 6.18 Å². The van der Waals surface area contributed by atoms with Gasteiger partial charge in [-0.05, 0) is 30.7 Å². The first kappa shape index (κ1) is 22.1. The molecule has 1 atom stereocenters. The van der Waals surface area contributed by atoms with Crippen LogP contribution in [-0.2, 0) is 27.1 Å². The van der Waals surface area contributed by atoms with Gasteiger partial charge in [-0.15, -0.1) is 0 Å². The van der Waals surface area contributed by atoms with Crippen LogP contribution in [0.15, 0.2) is 53.6 Å². The normalized spacial score (nSPS) is 20.1. The van der Waals surface area contributed by atoms with Crippen LogP contribution < -0.4 is 16.0 Å². The molecule has 0 aromatic carbocycles. The first-order valence-corrected chi connectivity index (χ1v) is 9.34. The van der Waals surface area contributed by atoms with Gasteiger partial charge in [-0.25, -0.2) is 0 Å². The number of alkyl halides is 3. The van der Waals surface area contributed by atoms with E-state index in [-0.39, 0.29) is 34.2 Å². The Labute approximate surface area is 175 Å². The number of hydrogen-bond donors (Lipinski definition) is 4. The molecule has 2 aliphatic rings. The van der Waals surface area contributed by atoms with Crippen LogP contribution in [0.5, 0.6) is 0 Å². The van der Waals surface area contributed by atoms with Gasteiger partial charge < -0.3 is 26.1 Å². The molecular weight excluding hydrogens is 415 g/mol. The predicted octanol–water partition coefficient (Wildman–Crippen LogP) is 1.57. The lowest BCUT2D eigenvalue weighted by atomic mass is 10.0. The zero-order valence-corrected chi connectivity index (χ0v) is 16.5. The number of carbonyl (C=O) groups is 2. The third-order valence-corrected chi connectivity index (χ3v) is 4.65. The number of pyridine rings is 1. The van der Waals surface area contributed by atoms with Crippen LogP contribution in [0.1, 0.15) is 17.7 Å². The summed E-state index contributed by atoms with van der Waals surface area (Å²) < 4.78 is 44.8. The summed E-state index contributed by atoms with van der Waals surface area (Å²) in [4.78, 5) is 27.7. The van der Waals surface area contributed by atoms with Crippen molar-refractivity contribution in [3.63, 3.8) is 0 Å². The molecule has 1 aliphatic carbocycles. The van der Waals surface area contributed by atoms with Gasteiger partial charge in [0.25, 0.3) is 5.91 Å². The molecule has 31 heavy (non-hydrogen) atoms. The molecule has 1 aromatic heterocycles. The summed E-state index contributed by atoms with van der Waals surface area (Å²) in [6.07, 6.45) is 1.05. The summed E-state index contributed by atoms with van der Waals surface area (Å²) in [6, 6.07) is 1.97. The predicted molar refractivity (Wildman–Crippen MR) is 105 cm³/mol. The van der Waals surface area contributed by atoms with E-state index in [2.05, 4.69) is 20.9 Å². The van der Waals surface area contributed by atoms with E-state index in [9.17, 15) is 22.8 Å². The number of ether oxygens (including phenoxy) is 1. The Balaban J connectivity index is 1.80. The number of nitrogens with one attached hydrogen (secondary N) is 4. The van der Waals surface area contributed by atoms with Gasteiger partial charge in [0.05, 0.1) is 5.71 Å². The highest BCUT2D eigenvalue weighted by atomic mass is 19.4. The lowest BCUT2D eigenvalue weighted by Crippen LogP contribution is -2.43. The number of likely N-dealkylation sites (N-methyl/N-ethyl adjacent to an activating group) is 1. The van der Waals surface area contributed by atoms with Crippen molar-refractivity contribution in [2.75, 3.05) is 13.6 Å². The fraction of sp³-hybridized carbons (Fsp3) is 0.300. The number of rotatable bonds is 6. The van der Waals surface area contributed by atoms with E-state index in [0.717, 1.165) is 6.20 Å². The first-order chi connectivity index (χ1) is 14.7. The summed E-state index contributed by atoms with van der Waals surface area (Å²) in [7, 11) is 1.49. The Morgan fingerprint density at radius 2 is 2.16 bits per heavy atom. The average Bonchev–Trinajstić information content (AvgIpc) is 3.12. The molecule has 0 radical (unpaired) electrons. The van der Waals surface area contributed by atoms with Crippen LogP contribution in [0.4, 0.5) is 13.2 Å². The van der Waals surface area contributed by atoms with Crippen molar-refractivity contribution in [3.05, 3.63) is 64.8 Å². The first-order valence-electron chi connectivity index (χ1n) is 9.34. The summed E-state index contributed by atoms with van der Waals surface area (Å²) >= 11 is 0. The molecule has 1 aliphatic heterocycles. The zero-order chi connectivity index (χ0) is 22.6. The highest BCUT2D eigenvalue weighted by molar-refractivity contribution is 6.15. The Morgan fingerprint density at radius 1 is 1.39 bits per heavy atom. The van der Waals surface area contributed by atoms with E-state index < -0.39 is 30.4 Å². The molecule has 1 fully saturated rings.